The van der Waals surface area contributed by atoms with E-state index < -0.39 is 34.6 Å². The van der Waals surface area contributed by atoms with Gasteiger partial charge >= 0.3 is 0 Å². The van der Waals surface area contributed by atoms with Gasteiger partial charge in [0.1, 0.15) is 0 Å². The Kier molecular flexibility index (Phi) is 5.42. The molecule has 0 fully saturated rings. The van der Waals surface area contributed by atoms with Crippen LogP contribution in [0.25, 0.3) is 54.3 Å². The zero-order chi connectivity index (χ0) is 27.9. The molecule has 0 saturated heterocycles. The Labute approximate surface area is 218 Å². The number of ether oxygens (including phenoxy) is 2. The van der Waals surface area contributed by atoms with Gasteiger partial charge < -0.3 is 29.9 Å². The van der Waals surface area contributed by atoms with Crippen molar-refractivity contribution in [2.24, 2.45) is 0 Å². The Morgan fingerprint density at radius 3 is 1.38 bits per heavy atom. The molecule has 0 radical (unpaired) electrons. The van der Waals surface area contributed by atoms with E-state index in [0.29, 0.717) is 21.9 Å². The van der Waals surface area contributed by atoms with Crippen LogP contribution in [0.1, 0.15) is 25.0 Å². The number of phenols is 2. The zero-order valence-electron chi connectivity index (χ0n) is 21.4. The second-order valence-electron chi connectivity index (χ2n) is 9.81. The third kappa shape index (κ3) is 3.23. The Balaban J connectivity index is 2.16. The number of hydrogen-bond donors (Lipinski definition) is 4. The second-order valence-corrected chi connectivity index (χ2v) is 9.81. The second kappa shape index (κ2) is 8.52. The van der Waals surface area contributed by atoms with Crippen LogP contribution in [0.15, 0.2) is 35.6 Å². The van der Waals surface area contributed by atoms with Crippen molar-refractivity contribution in [3.63, 3.8) is 0 Å². The lowest BCUT2D eigenvalue weighted by Crippen LogP contribution is -2.13. The number of methoxy groups -OCH3 is 2. The molecule has 39 heavy (non-hydrogen) atoms. The summed E-state index contributed by atoms with van der Waals surface area (Å²) in [6.45, 7) is 3.11. The van der Waals surface area contributed by atoms with Crippen molar-refractivity contribution in [3.8, 4) is 23.0 Å². The van der Waals surface area contributed by atoms with Crippen molar-refractivity contribution >= 4 is 54.3 Å². The minimum Gasteiger partial charge on any atom is -0.504 e. The molecule has 1 aromatic heterocycles. The lowest BCUT2D eigenvalue weighted by atomic mass is 9.82. The first-order chi connectivity index (χ1) is 18.6. The third-order valence-corrected chi connectivity index (χ3v) is 7.22. The fraction of sp³-hybridized carbons (Fsp3) is 0.286. The summed E-state index contributed by atoms with van der Waals surface area (Å²) in [6.07, 6.45) is -1.87. The Bertz CT molecular complexity index is 1910. The number of benzene rings is 5. The molecule has 1 heterocycles. The Hall–Kier alpha value is -4.48. The van der Waals surface area contributed by atoms with Gasteiger partial charge in [0, 0.05) is 57.6 Å². The van der Waals surface area contributed by atoms with E-state index in [1.54, 1.807) is 13.8 Å². The summed E-state index contributed by atoms with van der Waals surface area (Å²) in [5, 5.41) is 45.2. The van der Waals surface area contributed by atoms with E-state index in [4.69, 9.17) is 23.4 Å². The molecule has 0 spiro atoms. The van der Waals surface area contributed by atoms with E-state index in [2.05, 4.69) is 0 Å². The molecule has 0 unspecified atom stereocenters. The van der Waals surface area contributed by atoms with E-state index >= 15 is 0 Å². The first-order valence-electron chi connectivity index (χ1n) is 12.2. The molecular weight excluding hydrogens is 512 g/mol. The topological polar surface area (TPSA) is 173 Å². The number of rotatable bonds is 6. The Morgan fingerprint density at radius 1 is 0.667 bits per heavy atom. The van der Waals surface area contributed by atoms with Gasteiger partial charge in [-0.15, -0.1) is 0 Å². The average Bonchev–Trinajstić information content (AvgIpc) is 3.03. The number of aromatic hydroxyl groups is 2. The maximum absolute atomic E-state index is 13.4. The van der Waals surface area contributed by atoms with E-state index in [9.17, 15) is 30.0 Å². The quantitative estimate of drug-likeness (QED) is 0.139. The summed E-state index contributed by atoms with van der Waals surface area (Å²) in [7, 11) is 2.65. The maximum Gasteiger partial charge on any atom is 0.195 e. The molecule has 0 aliphatic rings. The highest BCUT2D eigenvalue weighted by molar-refractivity contribution is 6.40. The summed E-state index contributed by atoms with van der Waals surface area (Å²) in [4.78, 5) is 26.8. The summed E-state index contributed by atoms with van der Waals surface area (Å²) < 4.78 is 26.6. The van der Waals surface area contributed by atoms with Crippen molar-refractivity contribution in [1.29, 1.82) is 0 Å². The minimum atomic E-state index is -0.915. The van der Waals surface area contributed by atoms with E-state index in [-0.39, 0.29) is 67.8 Å². The van der Waals surface area contributed by atoms with Crippen LogP contribution in [-0.4, -0.2) is 46.9 Å². The molecule has 0 aliphatic carbocycles. The number of aliphatic hydroxyl groups is 2. The fourth-order valence-electron chi connectivity index (χ4n) is 5.97. The van der Waals surface area contributed by atoms with Crippen molar-refractivity contribution in [2.45, 2.75) is 38.9 Å². The van der Waals surface area contributed by atoms with Gasteiger partial charge in [0.15, 0.2) is 45.0 Å². The summed E-state index contributed by atoms with van der Waals surface area (Å²) in [6, 6.07) is 2.24. The van der Waals surface area contributed by atoms with Crippen molar-refractivity contribution in [3.05, 3.63) is 43.7 Å². The first kappa shape index (κ1) is 24.8. The number of fused-ring (bicyclic) bond motifs is 1. The molecule has 11 nitrogen and oxygen atoms in total. The molecule has 0 bridgehead atoms. The molecule has 0 saturated carbocycles. The zero-order valence-corrected chi connectivity index (χ0v) is 21.4. The minimum absolute atomic E-state index is 0.0220. The standard InChI is InChI=1S/C28H24O11/c1-9(29)5-11-17-18-12(6-10(2)30)28(36-4)26(34)20-14(32)8-16-22(24(18)20)21-15(37-39-38-16)7-13(31)19(23(17)21)25(33)27(11)35-3/h7-10,29-30,33-34H,5-6H2,1-4H3/t9-,10-/m0/s1. The fourth-order valence-corrected chi connectivity index (χ4v) is 5.97. The molecule has 6 aromatic rings. The van der Waals surface area contributed by atoms with Crippen molar-refractivity contribution in [1.82, 2.24) is 0 Å². The predicted molar refractivity (Wildman–Crippen MR) is 142 cm³/mol. The highest BCUT2D eigenvalue weighted by Crippen LogP contribution is 2.54. The van der Waals surface area contributed by atoms with Gasteiger partial charge in [-0.2, -0.15) is 0 Å². The van der Waals surface area contributed by atoms with Gasteiger partial charge in [0.05, 0.1) is 37.2 Å². The first-order valence-corrected chi connectivity index (χ1v) is 12.2. The van der Waals surface area contributed by atoms with Crippen LogP contribution in [0.4, 0.5) is 0 Å². The summed E-state index contributed by atoms with van der Waals surface area (Å²) >= 11 is 0. The number of hydrogen-bond acceptors (Lipinski definition) is 11. The molecular formula is C28H24O11. The predicted octanol–water partition coefficient (Wildman–Crippen LogP) is 3.66. The van der Waals surface area contributed by atoms with E-state index in [1.165, 1.54) is 14.2 Å². The van der Waals surface area contributed by atoms with Gasteiger partial charge in [-0.05, 0) is 24.6 Å². The highest BCUT2D eigenvalue weighted by Gasteiger charge is 2.32. The normalized spacial score (nSPS) is 13.8. The summed E-state index contributed by atoms with van der Waals surface area (Å²) in [5.41, 5.74) is -0.642. The Morgan fingerprint density at radius 2 is 1.05 bits per heavy atom. The lowest BCUT2D eigenvalue weighted by molar-refractivity contribution is -0.157. The van der Waals surface area contributed by atoms with Gasteiger partial charge in [0.25, 0.3) is 0 Å². The van der Waals surface area contributed by atoms with Gasteiger partial charge in [0.2, 0.25) is 0 Å². The molecule has 0 amide bonds. The number of phenolic OH excluding ortho intramolecular Hbond substituents is 2. The smallest absolute Gasteiger partial charge is 0.195 e. The molecule has 11 heteroatoms. The van der Waals surface area contributed by atoms with Crippen molar-refractivity contribution < 1.29 is 43.8 Å². The van der Waals surface area contributed by atoms with Gasteiger partial charge in [-0.3, -0.25) is 18.7 Å². The monoisotopic (exact) mass is 536 g/mol. The van der Waals surface area contributed by atoms with Crippen LogP contribution >= 0.6 is 0 Å². The number of aliphatic hydroxyl groups excluding tert-OH is 2. The van der Waals surface area contributed by atoms with Crippen LogP contribution in [-0.2, 0) is 12.8 Å². The van der Waals surface area contributed by atoms with E-state index in [0.717, 1.165) is 12.1 Å². The largest absolute Gasteiger partial charge is 0.504 e. The average molecular weight is 536 g/mol. The third-order valence-electron chi connectivity index (χ3n) is 7.22. The van der Waals surface area contributed by atoms with E-state index in [1.807, 2.05) is 0 Å². The SMILES string of the molecule is COc1c(O)c2c(=O)cc3oooc4cc(=O)c5c(O)c(OC)c(C[C@H](C)O)c6c(c1C[C@H](C)O)c2c3c4c56. The van der Waals surface area contributed by atoms with Gasteiger partial charge in [-0.1, -0.05) is 4.74 Å². The summed E-state index contributed by atoms with van der Waals surface area (Å²) in [5.74, 6) is -0.948. The highest BCUT2D eigenvalue weighted by atomic mass is 17.2. The van der Waals surface area contributed by atoms with Crippen LogP contribution in [0.5, 0.6) is 23.0 Å². The maximum atomic E-state index is 13.4. The van der Waals surface area contributed by atoms with Crippen LogP contribution in [0.2, 0.25) is 0 Å². The lowest BCUT2D eigenvalue weighted by Gasteiger charge is -2.24. The van der Waals surface area contributed by atoms with Crippen LogP contribution < -0.4 is 20.3 Å². The molecule has 5 aromatic carbocycles. The molecule has 2 atom stereocenters. The van der Waals surface area contributed by atoms with Crippen LogP contribution in [0.3, 0.4) is 0 Å². The molecule has 6 rings (SSSR count). The molecule has 202 valence electrons. The molecule has 0 aliphatic heterocycles. The van der Waals surface area contributed by atoms with Crippen molar-refractivity contribution in [2.75, 3.05) is 14.2 Å². The molecule has 4 N–H and O–H groups in total. The van der Waals surface area contributed by atoms with Gasteiger partial charge in [-0.25, -0.2) is 0 Å². The van der Waals surface area contributed by atoms with Crippen LogP contribution in [0, 0.1) is 0 Å².